The molecule has 0 amide bonds. The van der Waals surface area contributed by atoms with E-state index in [9.17, 15) is 0 Å². The van der Waals surface area contributed by atoms with Gasteiger partial charge in [0, 0.05) is 38.4 Å². The van der Waals surface area contributed by atoms with E-state index in [2.05, 4.69) is 39.3 Å². The second-order valence-electron chi connectivity index (χ2n) is 5.12. The topological polar surface area (TPSA) is 31.4 Å². The lowest BCUT2D eigenvalue weighted by molar-refractivity contribution is 0.177. The lowest BCUT2D eigenvalue weighted by Gasteiger charge is -2.30. The van der Waals surface area contributed by atoms with Crippen LogP contribution in [0.25, 0.3) is 0 Å². The fourth-order valence-corrected chi connectivity index (χ4v) is 2.63. The molecule has 1 unspecified atom stereocenters. The fraction of sp³-hybridized carbons (Fsp3) is 0.643. The summed E-state index contributed by atoms with van der Waals surface area (Å²) in [5.74, 6) is 0. The van der Waals surface area contributed by atoms with Gasteiger partial charge in [0.05, 0.1) is 5.69 Å². The summed E-state index contributed by atoms with van der Waals surface area (Å²) in [5.41, 5.74) is 1.17. The van der Waals surface area contributed by atoms with E-state index in [0.717, 1.165) is 26.2 Å². The molecule has 0 saturated carbocycles. The summed E-state index contributed by atoms with van der Waals surface area (Å²) in [4.78, 5) is 9.43. The third kappa shape index (κ3) is 3.77. The summed E-state index contributed by atoms with van der Waals surface area (Å²) in [7, 11) is 4.25. The molecule has 1 N–H and O–H groups in total. The van der Waals surface area contributed by atoms with Crippen LogP contribution in [-0.2, 0) is 6.54 Å². The summed E-state index contributed by atoms with van der Waals surface area (Å²) in [5, 5.41) is 3.31. The van der Waals surface area contributed by atoms with E-state index in [-0.39, 0.29) is 0 Å². The van der Waals surface area contributed by atoms with Crippen molar-refractivity contribution in [3.05, 3.63) is 30.1 Å². The van der Waals surface area contributed by atoms with Gasteiger partial charge in [0.2, 0.25) is 0 Å². The van der Waals surface area contributed by atoms with Crippen LogP contribution in [0, 0.1) is 0 Å². The maximum absolute atomic E-state index is 4.44. The smallest absolute Gasteiger partial charge is 0.0544 e. The molecular formula is C14H24N4. The van der Waals surface area contributed by atoms with Gasteiger partial charge in [-0.1, -0.05) is 6.07 Å². The molecular weight excluding hydrogens is 224 g/mol. The van der Waals surface area contributed by atoms with Crippen molar-refractivity contribution in [2.45, 2.75) is 19.0 Å². The Morgan fingerprint density at radius 2 is 2.28 bits per heavy atom. The highest BCUT2D eigenvalue weighted by Gasteiger charge is 2.22. The monoisotopic (exact) mass is 248 g/mol. The van der Waals surface area contributed by atoms with Gasteiger partial charge >= 0.3 is 0 Å². The summed E-state index contributed by atoms with van der Waals surface area (Å²) in [6.07, 6.45) is 3.12. The Morgan fingerprint density at radius 1 is 1.39 bits per heavy atom. The average Bonchev–Trinajstić information content (AvgIpc) is 2.54. The molecule has 1 aromatic heterocycles. The number of rotatable bonds is 4. The largest absolute Gasteiger partial charge is 0.318 e. The lowest BCUT2D eigenvalue weighted by Crippen LogP contribution is -2.45. The maximum atomic E-state index is 4.44. The maximum Gasteiger partial charge on any atom is 0.0544 e. The van der Waals surface area contributed by atoms with Crippen LogP contribution in [0.1, 0.15) is 12.1 Å². The summed E-state index contributed by atoms with van der Waals surface area (Å²) < 4.78 is 0. The predicted molar refractivity (Wildman–Crippen MR) is 74.5 cm³/mol. The molecule has 1 aliphatic heterocycles. The molecule has 1 fully saturated rings. The highest BCUT2D eigenvalue weighted by molar-refractivity contribution is 5.04. The van der Waals surface area contributed by atoms with Gasteiger partial charge in [-0.25, -0.2) is 0 Å². The normalized spacial score (nSPS) is 22.9. The third-order valence-electron chi connectivity index (χ3n) is 3.55. The Balaban J connectivity index is 2.02. The van der Waals surface area contributed by atoms with Crippen LogP contribution in [-0.4, -0.2) is 61.1 Å². The number of aromatic nitrogens is 1. The van der Waals surface area contributed by atoms with Crippen molar-refractivity contribution in [3.8, 4) is 0 Å². The first-order chi connectivity index (χ1) is 8.79. The van der Waals surface area contributed by atoms with E-state index in [0.29, 0.717) is 6.04 Å². The van der Waals surface area contributed by atoms with Crippen molar-refractivity contribution < 1.29 is 0 Å². The van der Waals surface area contributed by atoms with Crippen LogP contribution in [0.15, 0.2) is 24.4 Å². The molecule has 4 nitrogen and oxygen atoms in total. The van der Waals surface area contributed by atoms with Crippen LogP contribution in [0.3, 0.4) is 0 Å². The van der Waals surface area contributed by atoms with E-state index < -0.39 is 0 Å². The van der Waals surface area contributed by atoms with Gasteiger partial charge in [-0.3, -0.25) is 9.88 Å². The minimum atomic E-state index is 0.574. The van der Waals surface area contributed by atoms with Gasteiger partial charge < -0.3 is 10.2 Å². The van der Waals surface area contributed by atoms with Gasteiger partial charge in [0.1, 0.15) is 0 Å². The summed E-state index contributed by atoms with van der Waals surface area (Å²) in [6.45, 7) is 5.48. The highest BCUT2D eigenvalue weighted by atomic mass is 15.2. The van der Waals surface area contributed by atoms with Crippen LogP contribution < -0.4 is 5.32 Å². The molecule has 2 rings (SSSR count). The van der Waals surface area contributed by atoms with Crippen molar-refractivity contribution in [3.63, 3.8) is 0 Å². The van der Waals surface area contributed by atoms with Gasteiger partial charge in [-0.2, -0.15) is 0 Å². The zero-order valence-corrected chi connectivity index (χ0v) is 11.5. The van der Waals surface area contributed by atoms with E-state index >= 15 is 0 Å². The number of nitrogens with one attached hydrogen (secondary N) is 1. The SMILES string of the molecule is CNCC1CN(C)CCCN1Cc1ccccn1. The molecule has 1 atom stereocenters. The lowest BCUT2D eigenvalue weighted by atomic mass is 10.2. The zero-order chi connectivity index (χ0) is 12.8. The van der Waals surface area contributed by atoms with Crippen LogP contribution in [0.2, 0.25) is 0 Å². The van der Waals surface area contributed by atoms with Crippen LogP contribution in [0.4, 0.5) is 0 Å². The first kappa shape index (κ1) is 13.5. The van der Waals surface area contributed by atoms with Crippen molar-refractivity contribution in [2.24, 2.45) is 0 Å². The number of hydrogen-bond donors (Lipinski definition) is 1. The number of nitrogens with zero attached hydrogens (tertiary/aromatic N) is 3. The van der Waals surface area contributed by atoms with E-state index in [4.69, 9.17) is 0 Å². The predicted octanol–water partition coefficient (Wildman–Crippen LogP) is 0.807. The Bertz CT molecular complexity index is 341. The summed E-state index contributed by atoms with van der Waals surface area (Å²) in [6, 6.07) is 6.74. The second kappa shape index (κ2) is 6.83. The summed E-state index contributed by atoms with van der Waals surface area (Å²) >= 11 is 0. The quantitative estimate of drug-likeness (QED) is 0.854. The van der Waals surface area contributed by atoms with E-state index in [1.165, 1.54) is 18.7 Å². The molecule has 0 radical (unpaired) electrons. The number of hydrogen-bond acceptors (Lipinski definition) is 4. The molecule has 0 aromatic carbocycles. The van der Waals surface area contributed by atoms with Crippen molar-refractivity contribution in [1.82, 2.24) is 20.1 Å². The van der Waals surface area contributed by atoms with Gasteiger partial charge in [-0.05, 0) is 39.2 Å². The van der Waals surface area contributed by atoms with E-state index in [1.807, 2.05) is 19.3 Å². The Kier molecular flexibility index (Phi) is 5.11. The van der Waals surface area contributed by atoms with E-state index in [1.54, 1.807) is 0 Å². The molecule has 2 heterocycles. The van der Waals surface area contributed by atoms with Crippen LogP contribution in [0.5, 0.6) is 0 Å². The molecule has 100 valence electrons. The number of pyridine rings is 1. The average molecular weight is 248 g/mol. The zero-order valence-electron chi connectivity index (χ0n) is 11.5. The first-order valence-corrected chi connectivity index (χ1v) is 6.76. The minimum absolute atomic E-state index is 0.574. The van der Waals surface area contributed by atoms with Crippen molar-refractivity contribution in [1.29, 1.82) is 0 Å². The second-order valence-corrected chi connectivity index (χ2v) is 5.12. The van der Waals surface area contributed by atoms with Gasteiger partial charge in [0.15, 0.2) is 0 Å². The molecule has 18 heavy (non-hydrogen) atoms. The Hall–Kier alpha value is -0.970. The molecule has 4 heteroatoms. The minimum Gasteiger partial charge on any atom is -0.318 e. The van der Waals surface area contributed by atoms with Crippen LogP contribution >= 0.6 is 0 Å². The fourth-order valence-electron chi connectivity index (χ4n) is 2.63. The first-order valence-electron chi connectivity index (χ1n) is 6.76. The molecule has 0 spiro atoms. The molecule has 1 saturated heterocycles. The standard InChI is InChI=1S/C14H24N4/c1-15-10-14-12-17(2)8-5-9-18(14)11-13-6-3-4-7-16-13/h3-4,6-7,14-15H,5,8-12H2,1-2H3. The molecule has 0 aliphatic carbocycles. The van der Waals surface area contributed by atoms with Crippen molar-refractivity contribution in [2.75, 3.05) is 40.3 Å². The van der Waals surface area contributed by atoms with Gasteiger partial charge in [-0.15, -0.1) is 0 Å². The third-order valence-corrected chi connectivity index (χ3v) is 3.55. The molecule has 0 bridgehead atoms. The molecule has 1 aromatic rings. The van der Waals surface area contributed by atoms with Gasteiger partial charge in [0.25, 0.3) is 0 Å². The molecule has 1 aliphatic rings. The highest BCUT2D eigenvalue weighted by Crippen LogP contribution is 2.12. The van der Waals surface area contributed by atoms with Crippen molar-refractivity contribution >= 4 is 0 Å². The number of likely N-dealkylation sites (N-methyl/N-ethyl adjacent to an activating group) is 2. The Labute approximate surface area is 110 Å². The Morgan fingerprint density at radius 3 is 3.00 bits per heavy atom.